The number of aromatic nitrogens is 2. The zero-order valence-corrected chi connectivity index (χ0v) is 10.7. The van der Waals surface area contributed by atoms with Crippen LogP contribution in [0, 0.1) is 18.8 Å². The Bertz CT molecular complexity index is 382. The number of rotatable bonds is 5. The molecule has 88 valence electrons. The van der Waals surface area contributed by atoms with Crippen molar-refractivity contribution >= 4 is 0 Å². The Morgan fingerprint density at radius 1 is 1.50 bits per heavy atom. The molecule has 0 spiro atoms. The lowest BCUT2D eigenvalue weighted by atomic mass is 10.1. The van der Waals surface area contributed by atoms with Gasteiger partial charge in [0.15, 0.2) is 0 Å². The third-order valence-electron chi connectivity index (χ3n) is 2.52. The highest BCUT2D eigenvalue weighted by Crippen LogP contribution is 2.17. The summed E-state index contributed by atoms with van der Waals surface area (Å²) in [4.78, 5) is 0. The standard InChI is InChI=1S/C13H21N3/c1-5-8-9-12(14-6-2)13-10-11(4)15-16(13)7-3/h10,12,14H,6-7,9H2,1-4H3. The van der Waals surface area contributed by atoms with E-state index in [1.807, 2.05) is 13.8 Å². The summed E-state index contributed by atoms with van der Waals surface area (Å²) >= 11 is 0. The van der Waals surface area contributed by atoms with Crippen LogP contribution in [0.5, 0.6) is 0 Å². The molecule has 1 rings (SSSR count). The zero-order valence-electron chi connectivity index (χ0n) is 10.7. The van der Waals surface area contributed by atoms with Crippen LogP contribution in [0.15, 0.2) is 6.07 Å². The maximum Gasteiger partial charge on any atom is 0.0602 e. The summed E-state index contributed by atoms with van der Waals surface area (Å²) in [7, 11) is 0. The van der Waals surface area contributed by atoms with Crippen molar-refractivity contribution in [1.29, 1.82) is 0 Å². The molecule has 0 saturated carbocycles. The number of nitrogens with zero attached hydrogens (tertiary/aromatic N) is 2. The van der Waals surface area contributed by atoms with Crippen molar-refractivity contribution in [3.63, 3.8) is 0 Å². The summed E-state index contributed by atoms with van der Waals surface area (Å²) in [5.41, 5.74) is 2.31. The summed E-state index contributed by atoms with van der Waals surface area (Å²) < 4.78 is 2.06. The van der Waals surface area contributed by atoms with Gasteiger partial charge in [0.1, 0.15) is 0 Å². The summed E-state index contributed by atoms with van der Waals surface area (Å²) in [6.45, 7) is 10.0. The average Bonchev–Trinajstić information content (AvgIpc) is 2.65. The molecular formula is C13H21N3. The molecule has 1 aromatic heterocycles. The van der Waals surface area contributed by atoms with Crippen LogP contribution in [0.2, 0.25) is 0 Å². The molecule has 3 heteroatoms. The number of nitrogens with one attached hydrogen (secondary N) is 1. The number of aryl methyl sites for hydroxylation is 2. The van der Waals surface area contributed by atoms with E-state index >= 15 is 0 Å². The van der Waals surface area contributed by atoms with Gasteiger partial charge in [-0.15, -0.1) is 11.8 Å². The van der Waals surface area contributed by atoms with E-state index in [1.54, 1.807) is 0 Å². The van der Waals surface area contributed by atoms with E-state index in [-0.39, 0.29) is 0 Å². The molecule has 16 heavy (non-hydrogen) atoms. The molecule has 1 unspecified atom stereocenters. The molecule has 0 radical (unpaired) electrons. The lowest BCUT2D eigenvalue weighted by Gasteiger charge is -2.16. The molecule has 0 saturated heterocycles. The molecule has 1 aromatic rings. The number of hydrogen-bond donors (Lipinski definition) is 1. The lowest BCUT2D eigenvalue weighted by molar-refractivity contribution is 0.500. The molecule has 0 aliphatic carbocycles. The Morgan fingerprint density at radius 3 is 2.81 bits per heavy atom. The van der Waals surface area contributed by atoms with Gasteiger partial charge < -0.3 is 5.32 Å². The Morgan fingerprint density at radius 2 is 2.25 bits per heavy atom. The lowest BCUT2D eigenvalue weighted by Crippen LogP contribution is -2.23. The molecule has 0 aliphatic rings. The smallest absolute Gasteiger partial charge is 0.0602 e. The predicted molar refractivity (Wildman–Crippen MR) is 67.1 cm³/mol. The second-order valence-electron chi connectivity index (χ2n) is 3.77. The van der Waals surface area contributed by atoms with Crippen LogP contribution in [-0.2, 0) is 6.54 Å². The molecular weight excluding hydrogens is 198 g/mol. The summed E-state index contributed by atoms with van der Waals surface area (Å²) in [5.74, 6) is 6.09. The van der Waals surface area contributed by atoms with Gasteiger partial charge in [0.05, 0.1) is 17.4 Å². The predicted octanol–water partition coefficient (Wildman–Crippen LogP) is 2.28. The van der Waals surface area contributed by atoms with Crippen LogP contribution in [0.25, 0.3) is 0 Å². The third kappa shape index (κ3) is 3.11. The molecule has 1 atom stereocenters. The van der Waals surface area contributed by atoms with Gasteiger partial charge in [0.2, 0.25) is 0 Å². The molecule has 3 nitrogen and oxygen atoms in total. The molecule has 0 bridgehead atoms. The fourth-order valence-corrected chi connectivity index (χ4v) is 1.83. The largest absolute Gasteiger partial charge is 0.308 e. The Kier molecular flexibility index (Phi) is 5.07. The van der Waals surface area contributed by atoms with Crippen LogP contribution in [-0.4, -0.2) is 16.3 Å². The average molecular weight is 219 g/mol. The van der Waals surface area contributed by atoms with Crippen molar-refractivity contribution in [1.82, 2.24) is 15.1 Å². The van der Waals surface area contributed by atoms with Crippen molar-refractivity contribution in [2.75, 3.05) is 6.54 Å². The first kappa shape index (κ1) is 12.8. The van der Waals surface area contributed by atoms with Crippen molar-refractivity contribution < 1.29 is 0 Å². The van der Waals surface area contributed by atoms with Gasteiger partial charge in [0, 0.05) is 13.0 Å². The normalized spacial score (nSPS) is 12.0. The summed E-state index contributed by atoms with van der Waals surface area (Å²) in [6.07, 6.45) is 0.843. The SMILES string of the molecule is CC#CCC(NCC)c1cc(C)nn1CC. The van der Waals surface area contributed by atoms with E-state index in [0.29, 0.717) is 6.04 Å². The fourth-order valence-electron chi connectivity index (χ4n) is 1.83. The second kappa shape index (κ2) is 6.34. The van der Waals surface area contributed by atoms with E-state index in [1.165, 1.54) is 5.69 Å². The van der Waals surface area contributed by atoms with Gasteiger partial charge in [-0.3, -0.25) is 4.68 Å². The molecule has 0 amide bonds. The van der Waals surface area contributed by atoms with Gasteiger partial charge in [-0.2, -0.15) is 5.10 Å². The quantitative estimate of drug-likeness (QED) is 0.770. The Labute approximate surface area is 98.2 Å². The van der Waals surface area contributed by atoms with Crippen molar-refractivity contribution in [2.45, 2.75) is 46.7 Å². The van der Waals surface area contributed by atoms with E-state index < -0.39 is 0 Å². The highest BCUT2D eigenvalue weighted by atomic mass is 15.3. The minimum absolute atomic E-state index is 0.290. The topological polar surface area (TPSA) is 29.9 Å². The van der Waals surface area contributed by atoms with E-state index in [0.717, 1.165) is 25.2 Å². The first-order chi connectivity index (χ1) is 7.72. The van der Waals surface area contributed by atoms with Crippen LogP contribution in [0.3, 0.4) is 0 Å². The Hall–Kier alpha value is -1.27. The van der Waals surface area contributed by atoms with Gasteiger partial charge >= 0.3 is 0 Å². The second-order valence-corrected chi connectivity index (χ2v) is 3.77. The van der Waals surface area contributed by atoms with Gasteiger partial charge in [0.25, 0.3) is 0 Å². The molecule has 0 fully saturated rings. The highest BCUT2D eigenvalue weighted by Gasteiger charge is 2.14. The van der Waals surface area contributed by atoms with E-state index in [9.17, 15) is 0 Å². The van der Waals surface area contributed by atoms with Gasteiger partial charge in [-0.1, -0.05) is 6.92 Å². The zero-order chi connectivity index (χ0) is 12.0. The maximum atomic E-state index is 4.47. The summed E-state index contributed by atoms with van der Waals surface area (Å²) in [6, 6.07) is 2.44. The maximum absolute atomic E-state index is 4.47. The molecule has 1 heterocycles. The fraction of sp³-hybridized carbons (Fsp3) is 0.615. The molecule has 0 aliphatic heterocycles. The van der Waals surface area contributed by atoms with E-state index in [4.69, 9.17) is 0 Å². The number of hydrogen-bond acceptors (Lipinski definition) is 2. The Balaban J connectivity index is 2.92. The summed E-state index contributed by atoms with van der Waals surface area (Å²) in [5, 5.41) is 7.93. The van der Waals surface area contributed by atoms with Crippen molar-refractivity contribution in [2.24, 2.45) is 0 Å². The first-order valence-corrected chi connectivity index (χ1v) is 5.90. The first-order valence-electron chi connectivity index (χ1n) is 5.90. The van der Waals surface area contributed by atoms with Crippen molar-refractivity contribution in [3.05, 3.63) is 17.5 Å². The van der Waals surface area contributed by atoms with Crippen molar-refractivity contribution in [3.8, 4) is 11.8 Å². The van der Waals surface area contributed by atoms with Crippen LogP contribution < -0.4 is 5.32 Å². The monoisotopic (exact) mass is 219 g/mol. The van der Waals surface area contributed by atoms with Crippen LogP contribution >= 0.6 is 0 Å². The molecule has 0 aromatic carbocycles. The van der Waals surface area contributed by atoms with Crippen LogP contribution in [0.4, 0.5) is 0 Å². The molecule has 1 N–H and O–H groups in total. The van der Waals surface area contributed by atoms with E-state index in [2.05, 4.69) is 46.9 Å². The van der Waals surface area contributed by atoms with Gasteiger partial charge in [-0.05, 0) is 33.4 Å². The minimum atomic E-state index is 0.290. The third-order valence-corrected chi connectivity index (χ3v) is 2.52. The van der Waals surface area contributed by atoms with Gasteiger partial charge in [-0.25, -0.2) is 0 Å². The highest BCUT2D eigenvalue weighted by molar-refractivity contribution is 5.16. The van der Waals surface area contributed by atoms with Crippen LogP contribution in [0.1, 0.15) is 44.6 Å². The minimum Gasteiger partial charge on any atom is -0.308 e.